The molecule has 1 saturated heterocycles. The predicted octanol–water partition coefficient (Wildman–Crippen LogP) is 4.16. The van der Waals surface area contributed by atoms with Crippen LogP contribution in [0.4, 0.5) is 0 Å². The maximum atomic E-state index is 13.3. The summed E-state index contributed by atoms with van der Waals surface area (Å²) in [5.74, 6) is 0.212. The SMILES string of the molecule is CCOC(=O)c1ccc(S(=O)(=O)N2CCCC2c2cccc(OC)c2)c(Br)c1. The van der Waals surface area contributed by atoms with Crippen LogP contribution >= 0.6 is 15.9 Å². The Morgan fingerprint density at radius 3 is 2.71 bits per heavy atom. The number of esters is 1. The molecule has 8 heteroatoms. The average Bonchev–Trinajstić information content (AvgIpc) is 3.19. The largest absolute Gasteiger partial charge is 0.497 e. The maximum Gasteiger partial charge on any atom is 0.338 e. The number of ether oxygens (including phenoxy) is 2. The van der Waals surface area contributed by atoms with E-state index in [-0.39, 0.29) is 17.5 Å². The number of methoxy groups -OCH3 is 1. The highest BCUT2D eigenvalue weighted by molar-refractivity contribution is 9.10. The summed E-state index contributed by atoms with van der Waals surface area (Å²) >= 11 is 3.31. The van der Waals surface area contributed by atoms with Crippen LogP contribution in [0.1, 0.15) is 41.7 Å². The average molecular weight is 468 g/mol. The van der Waals surface area contributed by atoms with Crippen molar-refractivity contribution < 1.29 is 22.7 Å². The highest BCUT2D eigenvalue weighted by Crippen LogP contribution is 2.39. The number of sulfonamides is 1. The lowest BCUT2D eigenvalue weighted by molar-refractivity contribution is 0.0526. The van der Waals surface area contributed by atoms with E-state index in [9.17, 15) is 13.2 Å². The van der Waals surface area contributed by atoms with Gasteiger partial charge < -0.3 is 9.47 Å². The molecule has 2 aromatic carbocycles. The second-order valence-corrected chi connectivity index (χ2v) is 9.13. The summed E-state index contributed by atoms with van der Waals surface area (Å²) in [6.07, 6.45) is 1.52. The Balaban J connectivity index is 1.94. The summed E-state index contributed by atoms with van der Waals surface area (Å²) in [6.45, 7) is 2.42. The molecule has 1 atom stereocenters. The number of halogens is 1. The molecule has 6 nitrogen and oxygen atoms in total. The van der Waals surface area contributed by atoms with Gasteiger partial charge in [0.1, 0.15) is 5.75 Å². The predicted molar refractivity (Wildman–Crippen MR) is 109 cm³/mol. The lowest BCUT2D eigenvalue weighted by atomic mass is 10.1. The number of carbonyl (C=O) groups is 1. The van der Waals surface area contributed by atoms with E-state index in [1.807, 2.05) is 24.3 Å². The molecular weight excluding hydrogens is 446 g/mol. The van der Waals surface area contributed by atoms with Gasteiger partial charge in [0.05, 0.1) is 30.2 Å². The quantitative estimate of drug-likeness (QED) is 0.596. The van der Waals surface area contributed by atoms with E-state index in [1.54, 1.807) is 14.0 Å². The van der Waals surface area contributed by atoms with Crippen LogP contribution in [0.15, 0.2) is 51.8 Å². The molecule has 2 aromatic rings. The molecule has 1 fully saturated rings. The van der Waals surface area contributed by atoms with Crippen LogP contribution in [-0.2, 0) is 14.8 Å². The van der Waals surface area contributed by atoms with Gasteiger partial charge >= 0.3 is 5.97 Å². The molecule has 0 aliphatic carbocycles. The van der Waals surface area contributed by atoms with Gasteiger partial charge in [-0.2, -0.15) is 4.31 Å². The molecule has 1 aliphatic rings. The van der Waals surface area contributed by atoms with E-state index in [1.165, 1.54) is 22.5 Å². The Labute approximate surface area is 173 Å². The van der Waals surface area contributed by atoms with Crippen LogP contribution < -0.4 is 4.74 Å². The lowest BCUT2D eigenvalue weighted by Crippen LogP contribution is -2.31. The van der Waals surface area contributed by atoms with E-state index in [4.69, 9.17) is 9.47 Å². The topological polar surface area (TPSA) is 72.9 Å². The summed E-state index contributed by atoms with van der Waals surface area (Å²) < 4.78 is 38.8. The zero-order chi connectivity index (χ0) is 20.3. The Morgan fingerprint density at radius 1 is 1.25 bits per heavy atom. The number of hydrogen-bond acceptors (Lipinski definition) is 5. The van der Waals surface area contributed by atoms with E-state index >= 15 is 0 Å². The first-order valence-electron chi connectivity index (χ1n) is 9.01. The highest BCUT2D eigenvalue weighted by Gasteiger charge is 2.37. The highest BCUT2D eigenvalue weighted by atomic mass is 79.9. The smallest absolute Gasteiger partial charge is 0.338 e. The van der Waals surface area contributed by atoms with Crippen LogP contribution in [0.5, 0.6) is 5.75 Å². The fraction of sp³-hybridized carbons (Fsp3) is 0.350. The first kappa shape index (κ1) is 20.8. The number of rotatable bonds is 6. The molecule has 0 radical (unpaired) electrons. The third-order valence-corrected chi connectivity index (χ3v) is 7.60. The van der Waals surface area contributed by atoms with Gasteiger partial charge in [-0.3, -0.25) is 0 Å². The molecule has 0 bridgehead atoms. The molecule has 3 rings (SSSR count). The van der Waals surface area contributed by atoms with E-state index in [0.29, 0.717) is 22.3 Å². The van der Waals surface area contributed by atoms with Crippen LogP contribution in [-0.4, -0.2) is 39.0 Å². The van der Waals surface area contributed by atoms with Crippen molar-refractivity contribution in [1.29, 1.82) is 0 Å². The van der Waals surface area contributed by atoms with Gasteiger partial charge in [0.2, 0.25) is 10.0 Å². The van der Waals surface area contributed by atoms with Crippen LogP contribution in [0, 0.1) is 0 Å². The number of nitrogens with zero attached hydrogens (tertiary/aromatic N) is 1. The minimum Gasteiger partial charge on any atom is -0.497 e. The molecule has 1 heterocycles. The molecule has 0 amide bonds. The van der Waals surface area contributed by atoms with Gasteiger partial charge in [0.25, 0.3) is 0 Å². The number of benzene rings is 2. The molecule has 1 aliphatic heterocycles. The van der Waals surface area contributed by atoms with Gasteiger partial charge in [0.15, 0.2) is 0 Å². The zero-order valence-electron chi connectivity index (χ0n) is 15.7. The Morgan fingerprint density at radius 2 is 2.04 bits per heavy atom. The first-order valence-corrected chi connectivity index (χ1v) is 11.2. The van der Waals surface area contributed by atoms with Crippen molar-refractivity contribution in [3.63, 3.8) is 0 Å². The van der Waals surface area contributed by atoms with Gasteiger partial charge in [0, 0.05) is 11.0 Å². The molecule has 0 aromatic heterocycles. The number of carbonyl (C=O) groups excluding carboxylic acids is 1. The third kappa shape index (κ3) is 4.09. The van der Waals surface area contributed by atoms with Crippen LogP contribution in [0.2, 0.25) is 0 Å². The van der Waals surface area contributed by atoms with Gasteiger partial charge in [-0.1, -0.05) is 12.1 Å². The van der Waals surface area contributed by atoms with Crippen molar-refractivity contribution in [3.05, 3.63) is 58.1 Å². The van der Waals surface area contributed by atoms with Crippen molar-refractivity contribution >= 4 is 31.9 Å². The first-order chi connectivity index (χ1) is 13.4. The van der Waals surface area contributed by atoms with Gasteiger partial charge in [-0.05, 0) is 71.6 Å². The molecule has 0 saturated carbocycles. The van der Waals surface area contributed by atoms with Crippen molar-refractivity contribution in [3.8, 4) is 5.75 Å². The summed E-state index contributed by atoms with van der Waals surface area (Å²) in [4.78, 5) is 12.0. The lowest BCUT2D eigenvalue weighted by Gasteiger charge is -2.25. The van der Waals surface area contributed by atoms with Crippen molar-refractivity contribution in [1.82, 2.24) is 4.31 Å². The van der Waals surface area contributed by atoms with Gasteiger partial charge in [-0.25, -0.2) is 13.2 Å². The minimum atomic E-state index is -3.75. The van der Waals surface area contributed by atoms with Gasteiger partial charge in [-0.15, -0.1) is 0 Å². The zero-order valence-corrected chi connectivity index (χ0v) is 18.1. The fourth-order valence-corrected chi connectivity index (χ4v) is 6.11. The summed E-state index contributed by atoms with van der Waals surface area (Å²) in [5.41, 5.74) is 1.21. The molecule has 1 unspecified atom stereocenters. The normalized spacial score (nSPS) is 17.5. The van der Waals surface area contributed by atoms with Crippen molar-refractivity contribution in [2.24, 2.45) is 0 Å². The minimum absolute atomic E-state index is 0.135. The van der Waals surface area contributed by atoms with Crippen molar-refractivity contribution in [2.75, 3.05) is 20.3 Å². The van der Waals surface area contributed by atoms with E-state index < -0.39 is 16.0 Å². The molecule has 0 N–H and O–H groups in total. The molecular formula is C20H22BrNO5S. The maximum absolute atomic E-state index is 13.3. The Hall–Kier alpha value is -1.90. The summed E-state index contributed by atoms with van der Waals surface area (Å²) in [7, 11) is -2.16. The third-order valence-electron chi connectivity index (χ3n) is 4.71. The van der Waals surface area contributed by atoms with Crippen LogP contribution in [0.3, 0.4) is 0 Å². The Kier molecular flexibility index (Phi) is 6.42. The van der Waals surface area contributed by atoms with E-state index in [2.05, 4.69) is 15.9 Å². The monoisotopic (exact) mass is 467 g/mol. The van der Waals surface area contributed by atoms with Crippen LogP contribution in [0.25, 0.3) is 0 Å². The second-order valence-electron chi connectivity index (χ2n) is 6.42. The fourth-order valence-electron chi connectivity index (χ4n) is 3.39. The second kappa shape index (κ2) is 8.63. The van der Waals surface area contributed by atoms with Crippen molar-refractivity contribution in [2.45, 2.75) is 30.7 Å². The number of hydrogen-bond donors (Lipinski definition) is 0. The van der Waals surface area contributed by atoms with E-state index in [0.717, 1.165) is 18.4 Å². The molecule has 28 heavy (non-hydrogen) atoms. The summed E-state index contributed by atoms with van der Waals surface area (Å²) in [6, 6.07) is 11.7. The molecule has 150 valence electrons. The standard InChI is InChI=1S/C20H22BrNO5S/c1-3-27-20(23)15-9-10-19(17(21)13-15)28(24,25)22-11-5-8-18(22)14-6-4-7-16(12-14)26-2/h4,6-7,9-10,12-13,18H,3,5,8,11H2,1-2H3. The summed E-state index contributed by atoms with van der Waals surface area (Å²) in [5, 5.41) is 0. The molecule has 0 spiro atoms. The Bertz CT molecular complexity index is 976.